The predicted octanol–water partition coefficient (Wildman–Crippen LogP) is 16.0. The third kappa shape index (κ3) is 6.35. The molecule has 292 valence electrons. The molecule has 2 heteroatoms. The van der Waals surface area contributed by atoms with E-state index >= 15 is 0 Å². The first kappa shape index (κ1) is 37.4. The monoisotopic (exact) mass is 774 g/mol. The van der Waals surface area contributed by atoms with Crippen molar-refractivity contribution in [2.45, 2.75) is 52.4 Å². The number of hydrogen-bond acceptors (Lipinski definition) is 2. The van der Waals surface area contributed by atoms with Gasteiger partial charge in [0.15, 0.2) is 0 Å². The molecule has 0 aliphatic heterocycles. The molecule has 0 fully saturated rings. The van der Waals surface area contributed by atoms with Crippen molar-refractivity contribution in [2.75, 3.05) is 9.80 Å². The van der Waals surface area contributed by atoms with Gasteiger partial charge in [-0.05, 0) is 153 Å². The predicted molar refractivity (Wildman–Crippen MR) is 256 cm³/mol. The van der Waals surface area contributed by atoms with E-state index in [1.165, 1.54) is 89.5 Å². The van der Waals surface area contributed by atoms with Crippen LogP contribution in [0.5, 0.6) is 0 Å². The van der Waals surface area contributed by atoms with Gasteiger partial charge in [-0.3, -0.25) is 0 Å². The smallest absolute Gasteiger partial charge is 0.0465 e. The quantitative estimate of drug-likeness (QED) is 0.142. The van der Waals surface area contributed by atoms with Crippen LogP contribution in [-0.4, -0.2) is 0 Å². The Kier molecular flexibility index (Phi) is 8.99. The molecule has 0 saturated carbocycles. The van der Waals surface area contributed by atoms with Crippen LogP contribution in [0.1, 0.15) is 72.2 Å². The van der Waals surface area contributed by atoms with Crippen molar-refractivity contribution < 1.29 is 0 Å². The summed E-state index contributed by atoms with van der Waals surface area (Å²) >= 11 is 0. The van der Waals surface area contributed by atoms with Crippen LogP contribution < -0.4 is 9.80 Å². The fourth-order valence-electron chi connectivity index (χ4n) is 9.75. The zero-order chi connectivity index (χ0) is 41.2. The summed E-state index contributed by atoms with van der Waals surface area (Å²) < 4.78 is 0. The van der Waals surface area contributed by atoms with Crippen LogP contribution in [0.25, 0.3) is 34.4 Å². The molecule has 0 amide bonds. The van der Waals surface area contributed by atoms with Gasteiger partial charge < -0.3 is 9.80 Å². The van der Waals surface area contributed by atoms with E-state index in [2.05, 4.69) is 245 Å². The molecular formula is C58H50N2. The van der Waals surface area contributed by atoms with Crippen molar-refractivity contribution >= 4 is 46.3 Å². The summed E-state index contributed by atoms with van der Waals surface area (Å²) in [6, 6.07) is 67.0. The van der Waals surface area contributed by atoms with Gasteiger partial charge in [-0.15, -0.1) is 0 Å². The van der Waals surface area contributed by atoms with E-state index < -0.39 is 0 Å². The van der Waals surface area contributed by atoms with Gasteiger partial charge in [0, 0.05) is 45.0 Å². The van der Waals surface area contributed by atoms with Gasteiger partial charge >= 0.3 is 0 Å². The minimum atomic E-state index is -0.156. The van der Waals surface area contributed by atoms with Crippen LogP contribution in [-0.2, 0) is 10.8 Å². The highest BCUT2D eigenvalue weighted by molar-refractivity contribution is 5.89. The van der Waals surface area contributed by atoms with Crippen LogP contribution in [0, 0.1) is 13.8 Å². The average Bonchev–Trinajstić information content (AvgIpc) is 3.62. The van der Waals surface area contributed by atoms with Gasteiger partial charge in [-0.1, -0.05) is 149 Å². The van der Waals surface area contributed by atoms with Crippen LogP contribution in [0.3, 0.4) is 0 Å². The minimum absolute atomic E-state index is 0.156. The molecule has 0 saturated heterocycles. The molecule has 2 aliphatic rings. The van der Waals surface area contributed by atoms with Crippen molar-refractivity contribution in [3.05, 3.63) is 226 Å². The van der Waals surface area contributed by atoms with E-state index in [9.17, 15) is 0 Å². The molecule has 0 atom stereocenters. The number of fused-ring (bicyclic) bond motifs is 6. The second-order valence-electron chi connectivity index (χ2n) is 17.7. The Labute approximate surface area is 355 Å². The van der Waals surface area contributed by atoms with Crippen molar-refractivity contribution in [1.29, 1.82) is 0 Å². The van der Waals surface area contributed by atoms with Gasteiger partial charge in [0.2, 0.25) is 0 Å². The number of rotatable bonds is 8. The van der Waals surface area contributed by atoms with E-state index in [4.69, 9.17) is 0 Å². The zero-order valence-corrected chi connectivity index (χ0v) is 35.4. The lowest BCUT2D eigenvalue weighted by Gasteiger charge is -2.28. The Morgan fingerprint density at radius 1 is 0.317 bits per heavy atom. The lowest BCUT2D eigenvalue weighted by molar-refractivity contribution is 0.660. The molecule has 2 nitrogen and oxygen atoms in total. The normalized spacial score (nSPS) is 14.0. The standard InChI is InChI=1S/C58H50N2/c1-39-15-13-21-45(33-39)59(43-17-9-7-10-18-43)47-27-31-51-49-29-25-41(35-53(49)57(3,4)55(51)37-47)23-24-42-26-30-50-52-32-28-48(38-56(52)58(5,6)54(50)36-42)60(44-19-11-8-12-20-44)46-22-14-16-40(2)34-46/h7-38H,1-6H3/b24-23+. The summed E-state index contributed by atoms with van der Waals surface area (Å²) in [5, 5.41) is 0. The minimum Gasteiger partial charge on any atom is -0.310 e. The van der Waals surface area contributed by atoms with Gasteiger partial charge in [0.1, 0.15) is 0 Å². The third-order valence-electron chi connectivity index (χ3n) is 12.9. The molecule has 0 aromatic heterocycles. The Hall–Kier alpha value is -6.90. The molecule has 0 bridgehead atoms. The van der Waals surface area contributed by atoms with E-state index in [1.54, 1.807) is 0 Å². The summed E-state index contributed by atoms with van der Waals surface area (Å²) in [6.07, 6.45) is 4.57. The molecule has 0 unspecified atom stereocenters. The Morgan fingerprint density at radius 3 is 1.03 bits per heavy atom. The van der Waals surface area contributed by atoms with Gasteiger partial charge in [-0.2, -0.15) is 0 Å². The summed E-state index contributed by atoms with van der Waals surface area (Å²) in [7, 11) is 0. The number of para-hydroxylation sites is 2. The van der Waals surface area contributed by atoms with Crippen LogP contribution >= 0.6 is 0 Å². The van der Waals surface area contributed by atoms with Crippen molar-refractivity contribution in [3.63, 3.8) is 0 Å². The van der Waals surface area contributed by atoms with Crippen molar-refractivity contribution in [1.82, 2.24) is 0 Å². The molecule has 0 N–H and O–H groups in total. The highest BCUT2D eigenvalue weighted by Gasteiger charge is 2.37. The topological polar surface area (TPSA) is 6.48 Å². The molecule has 2 aliphatic carbocycles. The zero-order valence-electron chi connectivity index (χ0n) is 35.4. The number of aryl methyl sites for hydroxylation is 2. The van der Waals surface area contributed by atoms with Crippen molar-refractivity contribution in [3.8, 4) is 22.3 Å². The average molecular weight is 775 g/mol. The largest absolute Gasteiger partial charge is 0.310 e. The first-order valence-electron chi connectivity index (χ1n) is 21.2. The lowest BCUT2D eigenvalue weighted by atomic mass is 9.81. The van der Waals surface area contributed by atoms with E-state index in [0.717, 1.165) is 11.4 Å². The summed E-state index contributed by atoms with van der Waals surface area (Å²) in [5.74, 6) is 0. The molecule has 10 rings (SSSR count). The summed E-state index contributed by atoms with van der Waals surface area (Å²) in [5.41, 5.74) is 22.3. The second kappa shape index (κ2) is 14.4. The van der Waals surface area contributed by atoms with Gasteiger partial charge in [-0.25, -0.2) is 0 Å². The van der Waals surface area contributed by atoms with Crippen LogP contribution in [0.15, 0.2) is 182 Å². The van der Waals surface area contributed by atoms with Crippen LogP contribution in [0.2, 0.25) is 0 Å². The maximum atomic E-state index is 2.41. The summed E-state index contributed by atoms with van der Waals surface area (Å²) in [4.78, 5) is 4.75. The fraction of sp³-hybridized carbons (Fsp3) is 0.138. The molecule has 60 heavy (non-hydrogen) atoms. The summed E-state index contributed by atoms with van der Waals surface area (Å²) in [6.45, 7) is 13.8. The first-order valence-corrected chi connectivity index (χ1v) is 21.2. The second-order valence-corrected chi connectivity index (χ2v) is 17.7. The molecule has 0 spiro atoms. The first-order chi connectivity index (χ1) is 29.1. The molecule has 0 heterocycles. The fourth-order valence-corrected chi connectivity index (χ4v) is 9.75. The maximum absolute atomic E-state index is 2.41. The lowest BCUT2D eigenvalue weighted by Crippen LogP contribution is -2.16. The Balaban J connectivity index is 0.944. The van der Waals surface area contributed by atoms with Crippen molar-refractivity contribution in [2.24, 2.45) is 0 Å². The van der Waals surface area contributed by atoms with E-state index in [0.29, 0.717) is 0 Å². The molecule has 8 aromatic rings. The molecular weight excluding hydrogens is 725 g/mol. The van der Waals surface area contributed by atoms with E-state index in [-0.39, 0.29) is 10.8 Å². The third-order valence-corrected chi connectivity index (χ3v) is 12.9. The number of anilines is 6. The number of benzene rings is 8. The number of hydrogen-bond donors (Lipinski definition) is 0. The highest BCUT2D eigenvalue weighted by atomic mass is 15.1. The SMILES string of the molecule is Cc1cccc(N(c2ccccc2)c2ccc3c(c2)C(C)(C)c2cc(/C=C/c4ccc5c(c4)C(C)(C)c4cc(N(c6ccccc6)c6cccc(C)c6)ccc4-5)ccc2-3)c1. The Morgan fingerprint density at radius 2 is 0.650 bits per heavy atom. The van der Waals surface area contributed by atoms with Gasteiger partial charge in [0.05, 0.1) is 0 Å². The highest BCUT2D eigenvalue weighted by Crippen LogP contribution is 2.53. The maximum Gasteiger partial charge on any atom is 0.0465 e. The van der Waals surface area contributed by atoms with E-state index in [1.807, 2.05) is 0 Å². The Bertz CT molecular complexity index is 2750. The van der Waals surface area contributed by atoms with Gasteiger partial charge in [0.25, 0.3) is 0 Å². The number of nitrogens with zero attached hydrogens (tertiary/aromatic N) is 2. The molecule has 8 aromatic carbocycles. The molecule has 0 radical (unpaired) electrons. The van der Waals surface area contributed by atoms with Crippen LogP contribution in [0.4, 0.5) is 34.1 Å².